The zero-order valence-corrected chi connectivity index (χ0v) is 17.3. The summed E-state index contributed by atoms with van der Waals surface area (Å²) in [5.41, 5.74) is 0.0738. The van der Waals surface area contributed by atoms with Crippen molar-refractivity contribution in [3.05, 3.63) is 44.5 Å². The van der Waals surface area contributed by atoms with Gasteiger partial charge in [0.2, 0.25) is 5.95 Å². The van der Waals surface area contributed by atoms with Crippen LogP contribution in [0, 0.1) is 0 Å². The fourth-order valence-electron chi connectivity index (χ4n) is 3.15. The fraction of sp³-hybridized carbons (Fsp3) is 0.294. The van der Waals surface area contributed by atoms with Crippen LogP contribution < -0.4 is 9.80 Å². The van der Waals surface area contributed by atoms with Gasteiger partial charge < -0.3 is 14.8 Å². The van der Waals surface area contributed by atoms with E-state index in [0.29, 0.717) is 63.5 Å². The van der Waals surface area contributed by atoms with Crippen molar-refractivity contribution < 1.29 is 13.2 Å². The van der Waals surface area contributed by atoms with Gasteiger partial charge in [-0.05, 0) is 34.1 Å². The number of nitrogens with zero attached hydrogens (tertiary/aromatic N) is 4. The van der Waals surface area contributed by atoms with E-state index in [1.54, 1.807) is 12.3 Å². The summed E-state index contributed by atoms with van der Waals surface area (Å²) in [6.45, 7) is 2.51. The van der Waals surface area contributed by atoms with E-state index in [1.807, 2.05) is 9.80 Å². The van der Waals surface area contributed by atoms with E-state index >= 15 is 0 Å². The molecule has 28 heavy (non-hydrogen) atoms. The van der Waals surface area contributed by atoms with Gasteiger partial charge in [0.15, 0.2) is 0 Å². The fourth-order valence-corrected chi connectivity index (χ4v) is 4.19. The molecule has 0 amide bonds. The zero-order chi connectivity index (χ0) is 20.1. The smallest absolute Gasteiger partial charge is 0.352 e. The van der Waals surface area contributed by atoms with Gasteiger partial charge in [-0.25, -0.2) is 9.97 Å². The molecular formula is C17H13BrCl2F3N5. The molecule has 4 rings (SSSR count). The summed E-state index contributed by atoms with van der Waals surface area (Å²) in [5.74, 6) is 1.19. The molecule has 1 aromatic carbocycles. The molecule has 0 unspecified atom stereocenters. The molecule has 0 spiro atoms. The van der Waals surface area contributed by atoms with Crippen LogP contribution in [0.4, 0.5) is 24.9 Å². The molecule has 0 bridgehead atoms. The number of aromatic amines is 1. The van der Waals surface area contributed by atoms with Crippen LogP contribution in [0.2, 0.25) is 10.0 Å². The highest BCUT2D eigenvalue weighted by atomic mass is 79.9. The van der Waals surface area contributed by atoms with E-state index in [-0.39, 0.29) is 0 Å². The lowest BCUT2D eigenvalue weighted by Crippen LogP contribution is -2.47. The van der Waals surface area contributed by atoms with Crippen LogP contribution in [0.3, 0.4) is 0 Å². The van der Waals surface area contributed by atoms with Crippen LogP contribution in [0.1, 0.15) is 5.56 Å². The zero-order valence-electron chi connectivity index (χ0n) is 14.2. The lowest BCUT2D eigenvalue weighted by atomic mass is 10.2. The third-order valence-corrected chi connectivity index (χ3v) is 5.61. The number of benzene rings is 1. The minimum Gasteiger partial charge on any atom is -0.352 e. The molecule has 1 aliphatic heterocycles. The van der Waals surface area contributed by atoms with Crippen molar-refractivity contribution in [2.24, 2.45) is 0 Å². The summed E-state index contributed by atoms with van der Waals surface area (Å²) in [6, 6.07) is 3.76. The van der Waals surface area contributed by atoms with E-state index in [0.717, 1.165) is 12.1 Å². The molecule has 5 nitrogen and oxygen atoms in total. The Morgan fingerprint density at radius 1 is 1.04 bits per heavy atom. The Morgan fingerprint density at radius 2 is 1.71 bits per heavy atom. The Kier molecular flexibility index (Phi) is 5.09. The number of H-pyrrole nitrogens is 1. The van der Waals surface area contributed by atoms with Crippen LogP contribution in [0.5, 0.6) is 0 Å². The minimum absolute atomic E-state index is 0.301. The summed E-state index contributed by atoms with van der Waals surface area (Å²) in [5, 5.41) is 0.951. The Balaban J connectivity index is 1.54. The van der Waals surface area contributed by atoms with Crippen molar-refractivity contribution >= 4 is 61.9 Å². The van der Waals surface area contributed by atoms with Gasteiger partial charge in [0.1, 0.15) is 11.3 Å². The Bertz CT molecular complexity index is 1030. The molecule has 0 saturated carbocycles. The topological polar surface area (TPSA) is 48.1 Å². The summed E-state index contributed by atoms with van der Waals surface area (Å²) < 4.78 is 39.4. The van der Waals surface area contributed by atoms with Crippen LogP contribution in [0.15, 0.2) is 28.9 Å². The number of aromatic nitrogens is 3. The van der Waals surface area contributed by atoms with Gasteiger partial charge in [-0.15, -0.1) is 0 Å². The van der Waals surface area contributed by atoms with Gasteiger partial charge in [-0.2, -0.15) is 13.2 Å². The van der Waals surface area contributed by atoms with Crippen molar-refractivity contribution in [3.8, 4) is 0 Å². The average Bonchev–Trinajstić information content (AvgIpc) is 3.06. The van der Waals surface area contributed by atoms with Gasteiger partial charge in [0, 0.05) is 36.8 Å². The van der Waals surface area contributed by atoms with E-state index in [2.05, 4.69) is 30.9 Å². The highest BCUT2D eigenvalue weighted by Crippen LogP contribution is 2.35. The van der Waals surface area contributed by atoms with E-state index < -0.39 is 11.7 Å². The first-order valence-electron chi connectivity index (χ1n) is 8.30. The second-order valence-electron chi connectivity index (χ2n) is 6.35. The Labute approximate surface area is 176 Å². The van der Waals surface area contributed by atoms with Crippen molar-refractivity contribution in [2.45, 2.75) is 6.18 Å². The molecule has 2 aromatic heterocycles. The summed E-state index contributed by atoms with van der Waals surface area (Å²) in [4.78, 5) is 15.8. The molecule has 0 atom stereocenters. The maximum Gasteiger partial charge on any atom is 0.416 e. The monoisotopic (exact) mass is 493 g/mol. The second kappa shape index (κ2) is 7.27. The number of nitrogens with one attached hydrogen (secondary N) is 1. The lowest BCUT2D eigenvalue weighted by Gasteiger charge is -2.35. The Morgan fingerprint density at radius 3 is 2.36 bits per heavy atom. The highest BCUT2D eigenvalue weighted by Gasteiger charge is 2.32. The van der Waals surface area contributed by atoms with E-state index in [4.69, 9.17) is 23.2 Å². The van der Waals surface area contributed by atoms with Crippen molar-refractivity contribution in [3.63, 3.8) is 0 Å². The predicted octanol–water partition coefficient (Wildman–Crippen LogP) is 5.37. The molecule has 3 heterocycles. The van der Waals surface area contributed by atoms with E-state index in [9.17, 15) is 13.2 Å². The minimum atomic E-state index is -4.42. The van der Waals surface area contributed by atoms with Gasteiger partial charge in [-0.1, -0.05) is 23.2 Å². The summed E-state index contributed by atoms with van der Waals surface area (Å²) >= 11 is 15.3. The number of hydrogen-bond acceptors (Lipinski definition) is 4. The number of alkyl halides is 3. The molecule has 148 valence electrons. The quantitative estimate of drug-likeness (QED) is 0.520. The number of halogens is 6. The molecule has 0 aliphatic carbocycles. The van der Waals surface area contributed by atoms with Gasteiger partial charge in [0.05, 0.1) is 21.1 Å². The first kappa shape index (κ1) is 19.6. The van der Waals surface area contributed by atoms with Crippen molar-refractivity contribution in [1.82, 2.24) is 15.0 Å². The highest BCUT2D eigenvalue weighted by molar-refractivity contribution is 9.10. The third kappa shape index (κ3) is 3.75. The maximum atomic E-state index is 13.0. The number of fused-ring (bicyclic) bond motifs is 1. The van der Waals surface area contributed by atoms with Gasteiger partial charge >= 0.3 is 6.18 Å². The number of hydrogen-bond donors (Lipinski definition) is 1. The number of imidazole rings is 1. The summed E-state index contributed by atoms with van der Waals surface area (Å²) in [7, 11) is 0. The number of pyridine rings is 1. The molecule has 1 N–H and O–H groups in total. The first-order chi connectivity index (χ1) is 13.2. The maximum absolute atomic E-state index is 13.0. The van der Waals surface area contributed by atoms with Gasteiger partial charge in [-0.3, -0.25) is 0 Å². The van der Waals surface area contributed by atoms with Crippen LogP contribution in [-0.4, -0.2) is 41.1 Å². The van der Waals surface area contributed by atoms with Crippen LogP contribution in [0.25, 0.3) is 11.0 Å². The molecular weight excluding hydrogens is 482 g/mol. The van der Waals surface area contributed by atoms with Crippen molar-refractivity contribution in [2.75, 3.05) is 36.0 Å². The first-order valence-corrected chi connectivity index (χ1v) is 9.84. The van der Waals surface area contributed by atoms with Crippen LogP contribution >= 0.6 is 39.1 Å². The number of piperazine rings is 1. The SMILES string of the molecule is FC(F)(F)c1cc(Br)c2nc(N3CCN(c4ncc(Cl)cc4Cl)CC3)[nH]c2c1. The molecule has 11 heteroatoms. The van der Waals surface area contributed by atoms with E-state index in [1.165, 1.54) is 0 Å². The van der Waals surface area contributed by atoms with Crippen LogP contribution in [-0.2, 0) is 6.18 Å². The number of anilines is 2. The lowest BCUT2D eigenvalue weighted by molar-refractivity contribution is -0.137. The van der Waals surface area contributed by atoms with Gasteiger partial charge in [0.25, 0.3) is 0 Å². The standard InChI is InChI=1S/C17H13BrCl2F3N5/c18-11-5-9(17(21,22)23)6-13-14(11)26-16(25-13)28-3-1-27(2-4-28)15-12(20)7-10(19)8-24-15/h5-8H,1-4H2,(H,25,26). The number of rotatable bonds is 2. The average molecular weight is 495 g/mol. The third-order valence-electron chi connectivity index (χ3n) is 4.52. The molecule has 0 radical (unpaired) electrons. The Hall–Kier alpha value is -1.71. The van der Waals surface area contributed by atoms with Crippen molar-refractivity contribution in [1.29, 1.82) is 0 Å². The summed E-state index contributed by atoms with van der Waals surface area (Å²) in [6.07, 6.45) is -2.87. The largest absolute Gasteiger partial charge is 0.416 e. The molecule has 1 fully saturated rings. The molecule has 3 aromatic rings. The second-order valence-corrected chi connectivity index (χ2v) is 8.04. The molecule has 1 saturated heterocycles. The normalized spacial score (nSPS) is 15.5. The predicted molar refractivity (Wildman–Crippen MR) is 107 cm³/mol. The molecule has 1 aliphatic rings.